The summed E-state index contributed by atoms with van der Waals surface area (Å²) < 4.78 is 0. The lowest BCUT2D eigenvalue weighted by molar-refractivity contribution is 0.118. The molecule has 0 aromatic heterocycles. The van der Waals surface area contributed by atoms with E-state index in [2.05, 4.69) is 24.1 Å². The second-order valence-electron chi connectivity index (χ2n) is 5.98. The Morgan fingerprint density at radius 3 is 2.47 bits per heavy atom. The summed E-state index contributed by atoms with van der Waals surface area (Å²) in [7, 11) is 0. The van der Waals surface area contributed by atoms with Crippen LogP contribution < -0.4 is 5.32 Å². The molecular weight excluding hydrogens is 212 g/mol. The van der Waals surface area contributed by atoms with Gasteiger partial charge in [0.15, 0.2) is 0 Å². The second kappa shape index (κ2) is 6.17. The average molecular weight is 240 g/mol. The topological polar surface area (TPSA) is 35.5 Å². The van der Waals surface area contributed by atoms with Crippen LogP contribution >= 0.6 is 0 Å². The van der Waals surface area contributed by atoms with Crippen LogP contribution in [0.3, 0.4) is 0 Å². The number of aliphatic hydroxyl groups is 1. The first-order valence-electron chi connectivity index (χ1n) is 7.35. The smallest absolute Gasteiger partial charge is 0.0705 e. The van der Waals surface area contributed by atoms with Gasteiger partial charge in [0.05, 0.1) is 6.10 Å². The maximum Gasteiger partial charge on any atom is 0.0705 e. The minimum Gasteiger partial charge on any atom is -0.391 e. The van der Waals surface area contributed by atoms with Gasteiger partial charge >= 0.3 is 0 Å². The summed E-state index contributed by atoms with van der Waals surface area (Å²) in [4.78, 5) is 2.65. The van der Waals surface area contributed by atoms with Crippen molar-refractivity contribution in [2.24, 2.45) is 0 Å². The molecule has 1 aliphatic carbocycles. The Bertz CT molecular complexity index is 226. The summed E-state index contributed by atoms with van der Waals surface area (Å²) in [5.74, 6) is 0. The Hall–Kier alpha value is -0.120. The first-order chi connectivity index (χ1) is 8.18. The van der Waals surface area contributed by atoms with Crippen LogP contribution in [0.4, 0.5) is 0 Å². The molecule has 3 heteroatoms. The summed E-state index contributed by atoms with van der Waals surface area (Å²) in [6.07, 6.45) is 7.45. The molecule has 1 saturated heterocycles. The van der Waals surface area contributed by atoms with E-state index >= 15 is 0 Å². The van der Waals surface area contributed by atoms with Crippen LogP contribution in [0.5, 0.6) is 0 Å². The lowest BCUT2D eigenvalue weighted by Crippen LogP contribution is -2.42. The molecule has 0 amide bonds. The van der Waals surface area contributed by atoms with Gasteiger partial charge < -0.3 is 10.4 Å². The molecule has 0 bridgehead atoms. The Morgan fingerprint density at radius 1 is 1.24 bits per heavy atom. The van der Waals surface area contributed by atoms with E-state index in [1.54, 1.807) is 0 Å². The molecular formula is C14H28N2O. The van der Waals surface area contributed by atoms with Crippen LogP contribution in [0.25, 0.3) is 0 Å². The lowest BCUT2D eigenvalue weighted by Gasteiger charge is -2.33. The van der Waals surface area contributed by atoms with E-state index in [1.807, 2.05) is 0 Å². The summed E-state index contributed by atoms with van der Waals surface area (Å²) in [6.45, 7) is 6.72. The van der Waals surface area contributed by atoms with E-state index in [0.717, 1.165) is 32.0 Å². The Balaban J connectivity index is 1.80. The van der Waals surface area contributed by atoms with Crippen molar-refractivity contribution in [3.05, 3.63) is 0 Å². The van der Waals surface area contributed by atoms with Gasteiger partial charge in [-0.15, -0.1) is 0 Å². The maximum atomic E-state index is 9.82. The lowest BCUT2D eigenvalue weighted by atomic mass is 10.1. The van der Waals surface area contributed by atoms with E-state index < -0.39 is 0 Å². The van der Waals surface area contributed by atoms with Crippen molar-refractivity contribution >= 4 is 0 Å². The van der Waals surface area contributed by atoms with Gasteiger partial charge in [-0.3, -0.25) is 4.90 Å². The summed E-state index contributed by atoms with van der Waals surface area (Å²) >= 11 is 0. The molecule has 2 rings (SSSR count). The second-order valence-corrected chi connectivity index (χ2v) is 5.98. The SMILES string of the molecule is CC(C)N(CCC1NCCC1O)C1CCCC1. The fourth-order valence-electron chi connectivity index (χ4n) is 3.43. The first-order valence-corrected chi connectivity index (χ1v) is 7.35. The molecule has 1 heterocycles. The monoisotopic (exact) mass is 240 g/mol. The zero-order valence-electron chi connectivity index (χ0n) is 11.4. The van der Waals surface area contributed by atoms with Gasteiger partial charge in [-0.25, -0.2) is 0 Å². The van der Waals surface area contributed by atoms with Crippen LogP contribution in [-0.4, -0.2) is 47.3 Å². The number of hydrogen-bond acceptors (Lipinski definition) is 3. The molecule has 17 heavy (non-hydrogen) atoms. The normalized spacial score (nSPS) is 30.9. The molecule has 2 aliphatic rings. The standard InChI is InChI=1S/C14H28N2O/c1-11(2)16(12-5-3-4-6-12)10-8-13-14(17)7-9-15-13/h11-15,17H,3-10H2,1-2H3. The highest BCUT2D eigenvalue weighted by Crippen LogP contribution is 2.25. The summed E-state index contributed by atoms with van der Waals surface area (Å²) in [5, 5.41) is 13.2. The Labute approximate surface area is 106 Å². The number of aliphatic hydroxyl groups excluding tert-OH is 1. The third-order valence-electron chi connectivity index (χ3n) is 4.47. The quantitative estimate of drug-likeness (QED) is 0.768. The van der Waals surface area contributed by atoms with Crippen LogP contribution in [0, 0.1) is 0 Å². The number of hydrogen-bond donors (Lipinski definition) is 2. The minimum absolute atomic E-state index is 0.118. The van der Waals surface area contributed by atoms with Gasteiger partial charge in [0, 0.05) is 24.7 Å². The van der Waals surface area contributed by atoms with Crippen LogP contribution in [-0.2, 0) is 0 Å². The molecule has 2 atom stereocenters. The van der Waals surface area contributed by atoms with E-state index in [-0.39, 0.29) is 6.10 Å². The molecule has 0 aromatic rings. The third-order valence-corrected chi connectivity index (χ3v) is 4.47. The van der Waals surface area contributed by atoms with Gasteiger partial charge in [0.1, 0.15) is 0 Å². The molecule has 0 aromatic carbocycles. The van der Waals surface area contributed by atoms with Gasteiger partial charge in [-0.2, -0.15) is 0 Å². The van der Waals surface area contributed by atoms with Crippen molar-refractivity contribution in [2.45, 2.75) is 76.6 Å². The molecule has 0 spiro atoms. The molecule has 2 unspecified atom stereocenters. The van der Waals surface area contributed by atoms with Gasteiger partial charge in [-0.1, -0.05) is 12.8 Å². The molecule has 0 radical (unpaired) electrons. The van der Waals surface area contributed by atoms with Crippen LogP contribution in [0.2, 0.25) is 0 Å². The number of rotatable bonds is 5. The van der Waals surface area contributed by atoms with Crippen molar-refractivity contribution in [1.82, 2.24) is 10.2 Å². The van der Waals surface area contributed by atoms with E-state index in [9.17, 15) is 5.11 Å². The van der Waals surface area contributed by atoms with Gasteiger partial charge in [0.2, 0.25) is 0 Å². The number of nitrogens with zero attached hydrogens (tertiary/aromatic N) is 1. The van der Waals surface area contributed by atoms with E-state index in [0.29, 0.717) is 12.1 Å². The molecule has 1 aliphatic heterocycles. The third kappa shape index (κ3) is 3.43. The van der Waals surface area contributed by atoms with Crippen molar-refractivity contribution in [3.8, 4) is 0 Å². The molecule has 3 nitrogen and oxygen atoms in total. The van der Waals surface area contributed by atoms with Crippen molar-refractivity contribution < 1.29 is 5.11 Å². The minimum atomic E-state index is -0.118. The predicted octanol–water partition coefficient (Wildman–Crippen LogP) is 1.75. The van der Waals surface area contributed by atoms with Gasteiger partial charge in [-0.05, 0) is 46.1 Å². The zero-order chi connectivity index (χ0) is 12.3. The van der Waals surface area contributed by atoms with E-state index in [4.69, 9.17) is 0 Å². The van der Waals surface area contributed by atoms with Crippen LogP contribution in [0.15, 0.2) is 0 Å². The predicted molar refractivity (Wildman–Crippen MR) is 71.1 cm³/mol. The Kier molecular flexibility index (Phi) is 4.83. The molecule has 100 valence electrons. The largest absolute Gasteiger partial charge is 0.391 e. The summed E-state index contributed by atoms with van der Waals surface area (Å²) in [5.41, 5.74) is 0. The molecule has 2 N–H and O–H groups in total. The highest BCUT2D eigenvalue weighted by atomic mass is 16.3. The van der Waals surface area contributed by atoms with Crippen molar-refractivity contribution in [1.29, 1.82) is 0 Å². The zero-order valence-corrected chi connectivity index (χ0v) is 11.4. The van der Waals surface area contributed by atoms with Crippen molar-refractivity contribution in [3.63, 3.8) is 0 Å². The van der Waals surface area contributed by atoms with Crippen molar-refractivity contribution in [2.75, 3.05) is 13.1 Å². The van der Waals surface area contributed by atoms with Crippen LogP contribution in [0.1, 0.15) is 52.4 Å². The highest BCUT2D eigenvalue weighted by Gasteiger charge is 2.28. The Morgan fingerprint density at radius 2 is 1.94 bits per heavy atom. The molecule has 1 saturated carbocycles. The average Bonchev–Trinajstić information content (AvgIpc) is 2.91. The van der Waals surface area contributed by atoms with Gasteiger partial charge in [0.25, 0.3) is 0 Å². The number of nitrogens with one attached hydrogen (secondary N) is 1. The summed E-state index contributed by atoms with van der Waals surface area (Å²) in [6, 6.07) is 1.77. The van der Waals surface area contributed by atoms with E-state index in [1.165, 1.54) is 25.7 Å². The molecule has 2 fully saturated rings. The fourth-order valence-corrected chi connectivity index (χ4v) is 3.43. The first kappa shape index (κ1) is 13.3. The highest BCUT2D eigenvalue weighted by molar-refractivity contribution is 4.86. The fraction of sp³-hybridized carbons (Fsp3) is 1.00. The maximum absolute atomic E-state index is 9.82.